The zero-order chi connectivity index (χ0) is 50.1. The summed E-state index contributed by atoms with van der Waals surface area (Å²) in [6, 6.07) is 30.8. The van der Waals surface area contributed by atoms with Gasteiger partial charge in [-0.1, -0.05) is 18.2 Å². The number of hydrogen-bond donors (Lipinski definition) is 5. The van der Waals surface area contributed by atoms with Gasteiger partial charge in [-0.05, 0) is 117 Å². The number of likely N-dealkylation sites (tertiary alicyclic amines) is 1. The number of nitrogens with one attached hydrogen (secondary N) is 5. The number of hydrogen-bond acceptors (Lipinski definition) is 12. The molecule has 13 heterocycles. The predicted molar refractivity (Wildman–Crippen MR) is 294 cm³/mol. The number of rotatable bonds is 11. The average Bonchev–Trinajstić information content (AvgIpc) is 4.33. The zero-order valence-electron chi connectivity index (χ0n) is 39.9. The summed E-state index contributed by atoms with van der Waals surface area (Å²) < 4.78 is 17.0. The second kappa shape index (κ2) is 18.1. The Labute approximate surface area is 434 Å². The van der Waals surface area contributed by atoms with Crippen LogP contribution in [0.25, 0.3) is 121 Å². The lowest BCUT2D eigenvalue weighted by Gasteiger charge is -2.14. The van der Waals surface area contributed by atoms with Gasteiger partial charge in [-0.15, -0.1) is 22.7 Å². The fraction of sp³-hybridized carbons (Fsp3) is 0.105. The molecule has 0 saturated carbocycles. The molecule has 15 nitrogen and oxygen atoms in total. The SMILES string of the molecule is Cc1ccc(-c2nccc3[nH]c(-c4n[nH]c5c(-c6cc(-c7nccc8[nH]c(-c9n[nH]c%10cnc(-c%11cncc(CN%12CCCC%12)c%11)cc9%10)cc78)sc6F)nc(-c6cncc(NC(=O)c7ccccc7)c6)cc45)cc23)s1. The number of aromatic amines is 4. The van der Waals surface area contributed by atoms with E-state index in [0.29, 0.717) is 55.4 Å². The standard InChI is InChI=1S/C57H41FN14OS2/c1-30-9-10-48(74-30)52-36-20-46(66-41(36)11-13-61-52)51-39-22-44(34-18-35(27-60-26-34)64-57(73)32-7-3-2-4-8-32)67-54(55(39)71-70-51)40-23-49(75-56(40)58)53-37-21-45(65-42(37)12-14-62-53)50-38-19-43(63-28-47(38)68-69-50)33-17-31(24-59-25-33)29-72-15-5-6-16-72/h2-4,7-14,17-28,65-66H,5-6,15-16,29H2,1H3,(H,64,73)(H,68,69)(H,70,71). The number of carbonyl (C=O) groups is 1. The molecule has 75 heavy (non-hydrogen) atoms. The van der Waals surface area contributed by atoms with E-state index in [1.807, 2.05) is 67.0 Å². The number of benzene rings is 1. The number of pyridine rings is 6. The quantitative estimate of drug-likeness (QED) is 0.0831. The summed E-state index contributed by atoms with van der Waals surface area (Å²) in [4.78, 5) is 54.3. The molecular weight excluding hydrogens is 980 g/mol. The lowest BCUT2D eigenvalue weighted by atomic mass is 10.0. The maximum atomic E-state index is 17.0. The molecule has 364 valence electrons. The van der Waals surface area contributed by atoms with E-state index in [-0.39, 0.29) is 11.5 Å². The van der Waals surface area contributed by atoms with Crippen LogP contribution < -0.4 is 5.32 Å². The van der Waals surface area contributed by atoms with Crippen molar-refractivity contribution in [1.82, 2.24) is 65.2 Å². The van der Waals surface area contributed by atoms with E-state index in [0.717, 1.165) is 108 Å². The summed E-state index contributed by atoms with van der Waals surface area (Å²) in [7, 11) is 0. The van der Waals surface area contributed by atoms with Crippen LogP contribution >= 0.6 is 22.7 Å². The van der Waals surface area contributed by atoms with Crippen LogP contribution in [0.15, 0.2) is 140 Å². The van der Waals surface area contributed by atoms with Gasteiger partial charge in [0.15, 0.2) is 5.13 Å². The molecule has 0 spiro atoms. The number of amides is 1. The number of halogens is 1. The average molecular weight is 1020 g/mol. The summed E-state index contributed by atoms with van der Waals surface area (Å²) in [5.41, 5.74) is 12.9. The maximum absolute atomic E-state index is 17.0. The number of aromatic nitrogens is 12. The smallest absolute Gasteiger partial charge is 0.255 e. The third-order valence-corrected chi connectivity index (χ3v) is 15.7. The summed E-state index contributed by atoms with van der Waals surface area (Å²) in [5.74, 6) is -0.279. The van der Waals surface area contributed by atoms with E-state index in [4.69, 9.17) is 30.1 Å². The summed E-state index contributed by atoms with van der Waals surface area (Å²) in [5, 5.41) is 21.9. The monoisotopic (exact) mass is 1020 g/mol. The molecule has 0 unspecified atom stereocenters. The highest BCUT2D eigenvalue weighted by Gasteiger charge is 2.25. The van der Waals surface area contributed by atoms with Gasteiger partial charge >= 0.3 is 0 Å². The predicted octanol–water partition coefficient (Wildman–Crippen LogP) is 12.9. The third kappa shape index (κ3) is 8.11. The highest BCUT2D eigenvalue weighted by atomic mass is 32.1. The van der Waals surface area contributed by atoms with Gasteiger partial charge in [-0.25, -0.2) is 4.98 Å². The van der Waals surface area contributed by atoms with Crippen LogP contribution in [-0.4, -0.2) is 84.2 Å². The third-order valence-electron chi connectivity index (χ3n) is 13.8. The van der Waals surface area contributed by atoms with Gasteiger partial charge in [0.05, 0.1) is 78.6 Å². The number of nitrogens with zero attached hydrogens (tertiary/aromatic N) is 9. The van der Waals surface area contributed by atoms with Crippen LogP contribution in [0.3, 0.4) is 0 Å². The summed E-state index contributed by atoms with van der Waals surface area (Å²) in [6.07, 6.45) is 14.8. The van der Waals surface area contributed by atoms with Crippen LogP contribution in [0.1, 0.15) is 33.6 Å². The first-order chi connectivity index (χ1) is 36.8. The maximum Gasteiger partial charge on any atom is 0.255 e. The van der Waals surface area contributed by atoms with Gasteiger partial charge in [0.2, 0.25) is 0 Å². The molecular formula is C57H41FN14OS2. The largest absolute Gasteiger partial charge is 0.353 e. The van der Waals surface area contributed by atoms with Crippen molar-refractivity contribution in [2.24, 2.45) is 0 Å². The Morgan fingerprint density at radius 3 is 2.09 bits per heavy atom. The molecule has 1 amide bonds. The van der Waals surface area contributed by atoms with E-state index in [2.05, 4.69) is 71.5 Å². The van der Waals surface area contributed by atoms with Crippen molar-refractivity contribution in [1.29, 1.82) is 0 Å². The van der Waals surface area contributed by atoms with E-state index in [1.165, 1.54) is 17.7 Å². The first-order valence-corrected chi connectivity index (χ1v) is 26.0. The minimum atomic E-state index is -0.450. The van der Waals surface area contributed by atoms with Crippen molar-refractivity contribution < 1.29 is 9.18 Å². The van der Waals surface area contributed by atoms with Gasteiger partial charge in [0.1, 0.15) is 17.1 Å². The van der Waals surface area contributed by atoms with E-state index in [9.17, 15) is 4.79 Å². The number of fused-ring (bicyclic) bond motifs is 4. The molecule has 1 aliphatic heterocycles. The molecule has 12 aromatic heterocycles. The first kappa shape index (κ1) is 44.6. The van der Waals surface area contributed by atoms with Crippen molar-refractivity contribution in [3.63, 3.8) is 0 Å². The topological polar surface area (TPSA) is 199 Å². The highest BCUT2D eigenvalue weighted by Crippen LogP contribution is 2.44. The zero-order valence-corrected chi connectivity index (χ0v) is 41.6. The molecule has 1 aliphatic rings. The number of H-pyrrole nitrogens is 4. The van der Waals surface area contributed by atoms with Gasteiger partial charge in [0.25, 0.3) is 5.91 Å². The van der Waals surface area contributed by atoms with Crippen molar-refractivity contribution in [3.05, 3.63) is 162 Å². The van der Waals surface area contributed by atoms with Crippen LogP contribution in [0.4, 0.5) is 10.1 Å². The molecule has 0 aliphatic carbocycles. The minimum absolute atomic E-state index is 0.265. The molecule has 5 N–H and O–H groups in total. The minimum Gasteiger partial charge on any atom is -0.353 e. The Morgan fingerprint density at radius 1 is 0.640 bits per heavy atom. The number of carbonyl (C=O) groups excluding carboxylic acids is 1. The fourth-order valence-corrected chi connectivity index (χ4v) is 11.9. The molecule has 0 radical (unpaired) electrons. The van der Waals surface area contributed by atoms with Gasteiger partial charge in [-0.2, -0.15) is 14.6 Å². The Morgan fingerprint density at radius 2 is 1.33 bits per heavy atom. The van der Waals surface area contributed by atoms with Gasteiger partial charge in [0, 0.05) is 91.7 Å². The Hall–Kier alpha value is -9.10. The lowest BCUT2D eigenvalue weighted by Crippen LogP contribution is -2.18. The number of anilines is 1. The Balaban J connectivity index is 0.855. The van der Waals surface area contributed by atoms with E-state index < -0.39 is 5.13 Å². The van der Waals surface area contributed by atoms with Crippen molar-refractivity contribution >= 4 is 77.9 Å². The summed E-state index contributed by atoms with van der Waals surface area (Å²) in [6.45, 7) is 5.16. The fourth-order valence-electron chi connectivity index (χ4n) is 10.2. The van der Waals surface area contributed by atoms with Crippen LogP contribution in [-0.2, 0) is 6.54 Å². The molecule has 0 bridgehead atoms. The molecule has 18 heteroatoms. The molecule has 1 fully saturated rings. The van der Waals surface area contributed by atoms with E-state index in [1.54, 1.807) is 60.5 Å². The second-order valence-electron chi connectivity index (χ2n) is 18.7. The van der Waals surface area contributed by atoms with E-state index >= 15 is 4.39 Å². The molecule has 1 aromatic carbocycles. The first-order valence-electron chi connectivity index (χ1n) is 24.4. The van der Waals surface area contributed by atoms with Crippen LogP contribution in [0.2, 0.25) is 0 Å². The lowest BCUT2D eigenvalue weighted by molar-refractivity contribution is 0.102. The second-order valence-corrected chi connectivity index (χ2v) is 21.0. The molecule has 14 rings (SSSR count). The molecule has 0 atom stereocenters. The molecule has 1 saturated heterocycles. The van der Waals surface area contributed by atoms with Crippen LogP contribution in [0.5, 0.6) is 0 Å². The highest BCUT2D eigenvalue weighted by molar-refractivity contribution is 7.15. The van der Waals surface area contributed by atoms with Gasteiger partial charge < -0.3 is 15.3 Å². The van der Waals surface area contributed by atoms with Gasteiger partial charge in [-0.3, -0.25) is 44.8 Å². The molecule has 13 aromatic rings. The van der Waals surface area contributed by atoms with Crippen molar-refractivity contribution in [3.8, 4) is 77.7 Å². The number of aryl methyl sites for hydroxylation is 1. The summed E-state index contributed by atoms with van der Waals surface area (Å²) >= 11 is 2.68. The normalized spacial score (nSPS) is 13.0. The van der Waals surface area contributed by atoms with Crippen molar-refractivity contribution in [2.75, 3.05) is 18.4 Å². The Bertz CT molecular complexity index is 4350. The Kier molecular flexibility index (Phi) is 10.8. The van der Waals surface area contributed by atoms with Crippen LogP contribution in [0, 0.1) is 12.1 Å². The van der Waals surface area contributed by atoms with Crippen molar-refractivity contribution in [2.45, 2.75) is 26.3 Å². The number of thiophene rings is 2.